The lowest BCUT2D eigenvalue weighted by atomic mass is 9.78. The minimum atomic E-state index is 0.0748. The van der Waals surface area contributed by atoms with Crippen LogP contribution in [0.4, 0.5) is 10.8 Å². The smallest absolute Gasteiger partial charge is 0.230 e. The molecule has 146 valence electrons. The normalized spacial score (nSPS) is 22.3. The van der Waals surface area contributed by atoms with Crippen molar-refractivity contribution in [2.45, 2.75) is 43.5 Å². The van der Waals surface area contributed by atoms with Crippen LogP contribution in [0.25, 0.3) is 0 Å². The van der Waals surface area contributed by atoms with Crippen LogP contribution in [0.2, 0.25) is 0 Å². The predicted molar refractivity (Wildman–Crippen MR) is 111 cm³/mol. The highest BCUT2D eigenvalue weighted by Crippen LogP contribution is 2.30. The molecule has 3 atom stereocenters. The van der Waals surface area contributed by atoms with Gasteiger partial charge in [-0.2, -0.15) is 0 Å². The molecule has 27 heavy (non-hydrogen) atoms. The van der Waals surface area contributed by atoms with E-state index in [0.717, 1.165) is 22.2 Å². The Kier molecular flexibility index (Phi) is 6.95. The molecule has 8 heteroatoms. The Morgan fingerprint density at radius 1 is 1.26 bits per heavy atom. The highest BCUT2D eigenvalue weighted by atomic mass is 32.2. The molecular formula is C19H26N4O2S2. The Hall–Kier alpha value is -1.80. The fraction of sp³-hybridized carbons (Fsp3) is 0.526. The summed E-state index contributed by atoms with van der Waals surface area (Å²) in [5.74, 6) is 2.46. The Labute approximate surface area is 168 Å². The predicted octanol–water partition coefficient (Wildman–Crippen LogP) is 4.32. The molecule has 1 fully saturated rings. The number of thioether (sulfide) groups is 1. The van der Waals surface area contributed by atoms with Crippen LogP contribution in [0.3, 0.4) is 0 Å². The van der Waals surface area contributed by atoms with Crippen molar-refractivity contribution < 1.29 is 9.53 Å². The van der Waals surface area contributed by atoms with E-state index in [9.17, 15) is 4.79 Å². The largest absolute Gasteiger partial charge is 0.497 e. The highest BCUT2D eigenvalue weighted by Gasteiger charge is 2.28. The first kappa shape index (κ1) is 19.9. The Morgan fingerprint density at radius 3 is 2.78 bits per heavy atom. The van der Waals surface area contributed by atoms with E-state index in [1.165, 1.54) is 35.9 Å². The summed E-state index contributed by atoms with van der Waals surface area (Å²) < 4.78 is 5.93. The summed E-state index contributed by atoms with van der Waals surface area (Å²) in [6.45, 7) is 4.51. The molecule has 2 N–H and O–H groups in total. The molecule has 0 radical (unpaired) electrons. The molecule has 1 aliphatic carbocycles. The summed E-state index contributed by atoms with van der Waals surface area (Å²) >= 11 is 2.87. The molecule has 1 amide bonds. The number of ether oxygens (including phenoxy) is 1. The van der Waals surface area contributed by atoms with Crippen molar-refractivity contribution in [3.05, 3.63) is 24.3 Å². The van der Waals surface area contributed by atoms with Gasteiger partial charge in [-0.05, 0) is 42.5 Å². The zero-order chi connectivity index (χ0) is 19.2. The van der Waals surface area contributed by atoms with Gasteiger partial charge in [0, 0.05) is 11.7 Å². The molecule has 0 saturated heterocycles. The number of hydrogen-bond acceptors (Lipinski definition) is 7. The maximum atomic E-state index is 12.3. The molecule has 1 heterocycles. The van der Waals surface area contributed by atoms with Gasteiger partial charge >= 0.3 is 0 Å². The van der Waals surface area contributed by atoms with Gasteiger partial charge in [0.15, 0.2) is 4.34 Å². The van der Waals surface area contributed by atoms with Crippen molar-refractivity contribution in [3.8, 4) is 5.75 Å². The van der Waals surface area contributed by atoms with Gasteiger partial charge in [-0.1, -0.05) is 49.8 Å². The SMILES string of the molecule is COc1ccc(Nc2nnc(SCC(=O)N[C@@H]3CCC[C@H](C)[C@H]3C)s2)cc1. The van der Waals surface area contributed by atoms with Crippen LogP contribution in [0.15, 0.2) is 28.6 Å². The lowest BCUT2D eigenvalue weighted by molar-refractivity contribution is -0.119. The number of methoxy groups -OCH3 is 1. The Bertz CT molecular complexity index is 750. The number of nitrogens with one attached hydrogen (secondary N) is 2. The van der Waals surface area contributed by atoms with Crippen molar-refractivity contribution in [1.29, 1.82) is 0 Å². The molecule has 0 unspecified atom stereocenters. The van der Waals surface area contributed by atoms with Gasteiger partial charge in [0.2, 0.25) is 11.0 Å². The summed E-state index contributed by atoms with van der Waals surface area (Å²) in [4.78, 5) is 12.3. The summed E-state index contributed by atoms with van der Waals surface area (Å²) in [6.07, 6.45) is 3.54. The van der Waals surface area contributed by atoms with Crippen molar-refractivity contribution >= 4 is 39.8 Å². The zero-order valence-electron chi connectivity index (χ0n) is 15.9. The summed E-state index contributed by atoms with van der Waals surface area (Å²) in [5.41, 5.74) is 0.918. The fourth-order valence-corrected chi connectivity index (χ4v) is 4.86. The fourth-order valence-electron chi connectivity index (χ4n) is 3.28. The van der Waals surface area contributed by atoms with Gasteiger partial charge in [-0.15, -0.1) is 10.2 Å². The maximum Gasteiger partial charge on any atom is 0.230 e. The van der Waals surface area contributed by atoms with Crippen LogP contribution in [0, 0.1) is 11.8 Å². The average Bonchev–Trinajstić information content (AvgIpc) is 3.12. The van der Waals surface area contributed by atoms with Crippen LogP contribution in [-0.4, -0.2) is 35.0 Å². The molecule has 0 aliphatic heterocycles. The number of benzene rings is 1. The third kappa shape index (κ3) is 5.59. The van der Waals surface area contributed by atoms with Crippen molar-refractivity contribution in [3.63, 3.8) is 0 Å². The number of hydrogen-bond donors (Lipinski definition) is 2. The van der Waals surface area contributed by atoms with Crippen LogP contribution in [-0.2, 0) is 4.79 Å². The third-order valence-electron chi connectivity index (χ3n) is 5.13. The van der Waals surface area contributed by atoms with Gasteiger partial charge in [0.05, 0.1) is 12.9 Å². The number of rotatable bonds is 7. The van der Waals surface area contributed by atoms with E-state index in [2.05, 4.69) is 34.7 Å². The van der Waals surface area contributed by atoms with E-state index in [4.69, 9.17) is 4.74 Å². The van der Waals surface area contributed by atoms with Crippen LogP contribution in [0.5, 0.6) is 5.75 Å². The first-order valence-electron chi connectivity index (χ1n) is 9.22. The van der Waals surface area contributed by atoms with E-state index in [-0.39, 0.29) is 5.91 Å². The molecule has 0 bridgehead atoms. The minimum Gasteiger partial charge on any atom is -0.497 e. The number of anilines is 2. The minimum absolute atomic E-state index is 0.0748. The van der Waals surface area contributed by atoms with E-state index in [0.29, 0.717) is 28.8 Å². The Balaban J connectivity index is 1.46. The lowest BCUT2D eigenvalue weighted by Gasteiger charge is -2.34. The molecule has 0 spiro atoms. The van der Waals surface area contributed by atoms with Gasteiger partial charge < -0.3 is 15.4 Å². The monoisotopic (exact) mass is 406 g/mol. The molecule has 1 aromatic heterocycles. The molecular weight excluding hydrogens is 380 g/mol. The van der Waals surface area contributed by atoms with Gasteiger partial charge in [0.25, 0.3) is 0 Å². The number of nitrogens with zero attached hydrogens (tertiary/aromatic N) is 2. The molecule has 1 saturated carbocycles. The van der Waals surface area contributed by atoms with Crippen LogP contribution >= 0.6 is 23.1 Å². The van der Waals surface area contributed by atoms with E-state index >= 15 is 0 Å². The number of aromatic nitrogens is 2. The first-order chi connectivity index (χ1) is 13.0. The maximum absolute atomic E-state index is 12.3. The van der Waals surface area contributed by atoms with Crippen molar-refractivity contribution in [2.24, 2.45) is 11.8 Å². The molecule has 2 aromatic rings. The molecule has 3 rings (SSSR count). The highest BCUT2D eigenvalue weighted by molar-refractivity contribution is 8.01. The molecule has 1 aromatic carbocycles. The number of carbonyl (C=O) groups excluding carboxylic acids is 1. The summed E-state index contributed by atoms with van der Waals surface area (Å²) in [6, 6.07) is 7.91. The second kappa shape index (κ2) is 9.41. The standard InChI is InChI=1S/C19H26N4O2S2/c1-12-5-4-6-16(13(12)2)21-17(24)11-26-19-23-22-18(27-19)20-14-7-9-15(25-3)10-8-14/h7-10,12-13,16H,4-6,11H2,1-3H3,(H,20,22)(H,21,24)/t12-,13+,16+/m0/s1. The van der Waals surface area contributed by atoms with Crippen LogP contribution in [0.1, 0.15) is 33.1 Å². The first-order valence-corrected chi connectivity index (χ1v) is 11.0. The summed E-state index contributed by atoms with van der Waals surface area (Å²) in [5, 5.41) is 15.4. The van der Waals surface area contributed by atoms with E-state index in [1.807, 2.05) is 24.3 Å². The topological polar surface area (TPSA) is 76.1 Å². The summed E-state index contributed by atoms with van der Waals surface area (Å²) in [7, 11) is 1.64. The number of carbonyl (C=O) groups is 1. The third-order valence-corrected chi connectivity index (χ3v) is 7.10. The molecule has 1 aliphatic rings. The van der Waals surface area contributed by atoms with Crippen LogP contribution < -0.4 is 15.4 Å². The average molecular weight is 407 g/mol. The lowest BCUT2D eigenvalue weighted by Crippen LogP contribution is -2.44. The second-order valence-electron chi connectivity index (χ2n) is 6.96. The number of amides is 1. The Morgan fingerprint density at radius 2 is 2.04 bits per heavy atom. The van der Waals surface area contributed by atoms with Crippen molar-refractivity contribution in [2.75, 3.05) is 18.2 Å². The van der Waals surface area contributed by atoms with Crippen molar-refractivity contribution in [1.82, 2.24) is 15.5 Å². The van der Waals surface area contributed by atoms with E-state index in [1.54, 1.807) is 7.11 Å². The second-order valence-corrected chi connectivity index (χ2v) is 9.16. The molecule has 6 nitrogen and oxygen atoms in total. The zero-order valence-corrected chi connectivity index (χ0v) is 17.5. The quantitative estimate of drug-likeness (QED) is 0.667. The van der Waals surface area contributed by atoms with Gasteiger partial charge in [-0.3, -0.25) is 4.79 Å². The van der Waals surface area contributed by atoms with Gasteiger partial charge in [-0.25, -0.2) is 0 Å². The van der Waals surface area contributed by atoms with Gasteiger partial charge in [0.1, 0.15) is 5.75 Å². The van der Waals surface area contributed by atoms with E-state index < -0.39 is 0 Å².